The minimum absolute atomic E-state index is 0.0233. The fraction of sp³-hybridized carbons (Fsp3) is 0.455. The maximum absolute atomic E-state index is 11.5. The molecular weight excluding hydrogens is 206 g/mol. The van der Waals surface area contributed by atoms with E-state index in [1.54, 1.807) is 37.4 Å². The molecule has 0 radical (unpaired) electrons. The number of amides is 1. The maximum atomic E-state index is 11.5. The zero-order valence-corrected chi connectivity index (χ0v) is 9.86. The second-order valence-corrected chi connectivity index (χ2v) is 3.32. The van der Waals surface area contributed by atoms with Crippen molar-refractivity contribution in [2.75, 3.05) is 32.6 Å². The third kappa shape index (κ3) is 3.12. The number of hydrogen-bond acceptors (Lipinski definition) is 4. The first-order valence-electron chi connectivity index (χ1n) is 5.15. The lowest BCUT2D eigenvalue weighted by Crippen LogP contribution is -2.32. The van der Waals surface area contributed by atoms with Crippen molar-refractivity contribution in [3.8, 4) is 5.75 Å². The summed E-state index contributed by atoms with van der Waals surface area (Å²) in [6.45, 7) is 2.84. The molecule has 0 saturated heterocycles. The highest BCUT2D eigenvalue weighted by atomic mass is 16.5. The standard InChI is InChI=1S/C11H17N3O2/c1-4-14(2)10(15)8-13-11-9(16-3)6-5-7-12-11/h5-7H,4,8H2,1-3H3,(H,12,13). The molecule has 0 spiro atoms. The van der Waals surface area contributed by atoms with E-state index in [-0.39, 0.29) is 12.5 Å². The Morgan fingerprint density at radius 2 is 2.38 bits per heavy atom. The average Bonchev–Trinajstić information content (AvgIpc) is 2.35. The van der Waals surface area contributed by atoms with Crippen LogP contribution in [0.4, 0.5) is 5.82 Å². The number of anilines is 1. The summed E-state index contributed by atoms with van der Waals surface area (Å²) in [5.41, 5.74) is 0. The number of carbonyl (C=O) groups excluding carboxylic acids is 1. The van der Waals surface area contributed by atoms with Crippen molar-refractivity contribution in [3.63, 3.8) is 0 Å². The molecule has 16 heavy (non-hydrogen) atoms. The molecule has 88 valence electrons. The summed E-state index contributed by atoms with van der Waals surface area (Å²) in [7, 11) is 3.34. The first-order valence-corrected chi connectivity index (χ1v) is 5.15. The fourth-order valence-corrected chi connectivity index (χ4v) is 1.16. The van der Waals surface area contributed by atoms with Crippen LogP contribution in [0.15, 0.2) is 18.3 Å². The number of ether oxygens (including phenoxy) is 1. The second kappa shape index (κ2) is 5.95. The number of carbonyl (C=O) groups is 1. The van der Waals surface area contributed by atoms with Crippen molar-refractivity contribution in [3.05, 3.63) is 18.3 Å². The molecule has 5 heteroatoms. The molecule has 0 saturated carbocycles. The van der Waals surface area contributed by atoms with Crippen molar-refractivity contribution in [2.45, 2.75) is 6.92 Å². The fourth-order valence-electron chi connectivity index (χ4n) is 1.16. The Morgan fingerprint density at radius 1 is 1.62 bits per heavy atom. The normalized spacial score (nSPS) is 9.69. The van der Waals surface area contributed by atoms with Gasteiger partial charge in [0, 0.05) is 19.8 Å². The maximum Gasteiger partial charge on any atom is 0.241 e. The van der Waals surface area contributed by atoms with Gasteiger partial charge in [-0.1, -0.05) is 0 Å². The first kappa shape index (κ1) is 12.3. The highest BCUT2D eigenvalue weighted by Crippen LogP contribution is 2.19. The van der Waals surface area contributed by atoms with Crippen LogP contribution < -0.4 is 10.1 Å². The number of hydrogen-bond donors (Lipinski definition) is 1. The summed E-state index contributed by atoms with van der Waals surface area (Å²) in [4.78, 5) is 17.3. The van der Waals surface area contributed by atoms with Crippen LogP contribution in [-0.2, 0) is 4.79 Å². The molecule has 0 aliphatic carbocycles. The quantitative estimate of drug-likeness (QED) is 0.808. The Bertz CT molecular complexity index is 355. The predicted octanol–water partition coefficient (Wildman–Crippen LogP) is 0.980. The minimum atomic E-state index is 0.0233. The Morgan fingerprint density at radius 3 is 3.00 bits per heavy atom. The number of rotatable bonds is 5. The van der Waals surface area contributed by atoms with Gasteiger partial charge in [-0.3, -0.25) is 4.79 Å². The van der Waals surface area contributed by atoms with Crippen molar-refractivity contribution >= 4 is 11.7 Å². The van der Waals surface area contributed by atoms with Gasteiger partial charge in [-0.05, 0) is 19.1 Å². The van der Waals surface area contributed by atoms with Crippen molar-refractivity contribution in [1.29, 1.82) is 0 Å². The number of nitrogens with one attached hydrogen (secondary N) is 1. The van der Waals surface area contributed by atoms with Crippen molar-refractivity contribution in [1.82, 2.24) is 9.88 Å². The van der Waals surface area contributed by atoms with Gasteiger partial charge in [-0.2, -0.15) is 0 Å². The third-order valence-electron chi connectivity index (χ3n) is 2.30. The van der Waals surface area contributed by atoms with E-state index in [2.05, 4.69) is 10.3 Å². The second-order valence-electron chi connectivity index (χ2n) is 3.32. The summed E-state index contributed by atoms with van der Waals surface area (Å²) in [6, 6.07) is 3.58. The largest absolute Gasteiger partial charge is 0.493 e. The van der Waals surface area contributed by atoms with E-state index < -0.39 is 0 Å². The highest BCUT2D eigenvalue weighted by Gasteiger charge is 2.08. The van der Waals surface area contributed by atoms with E-state index in [9.17, 15) is 4.79 Å². The molecule has 0 bridgehead atoms. The van der Waals surface area contributed by atoms with Gasteiger partial charge in [-0.25, -0.2) is 4.98 Å². The zero-order chi connectivity index (χ0) is 12.0. The van der Waals surface area contributed by atoms with Crippen LogP contribution in [0.1, 0.15) is 6.92 Å². The average molecular weight is 223 g/mol. The van der Waals surface area contributed by atoms with E-state index in [1.807, 2.05) is 6.92 Å². The topological polar surface area (TPSA) is 54.5 Å². The molecule has 1 rings (SSSR count). The molecule has 1 N–H and O–H groups in total. The van der Waals surface area contributed by atoms with Crippen LogP contribution in [0.2, 0.25) is 0 Å². The van der Waals surface area contributed by atoms with E-state index in [0.717, 1.165) is 0 Å². The number of methoxy groups -OCH3 is 1. The van der Waals surface area contributed by atoms with Gasteiger partial charge in [0.1, 0.15) is 0 Å². The van der Waals surface area contributed by atoms with Gasteiger partial charge in [0.2, 0.25) is 5.91 Å². The highest BCUT2D eigenvalue weighted by molar-refractivity contribution is 5.80. The number of pyridine rings is 1. The van der Waals surface area contributed by atoms with Gasteiger partial charge in [0.15, 0.2) is 11.6 Å². The number of likely N-dealkylation sites (N-methyl/N-ethyl adjacent to an activating group) is 1. The van der Waals surface area contributed by atoms with Gasteiger partial charge >= 0.3 is 0 Å². The summed E-state index contributed by atoms with van der Waals surface area (Å²) >= 11 is 0. The van der Waals surface area contributed by atoms with Crippen LogP contribution in [0.5, 0.6) is 5.75 Å². The number of aromatic nitrogens is 1. The Kier molecular flexibility index (Phi) is 4.57. The van der Waals surface area contributed by atoms with E-state index in [0.29, 0.717) is 18.1 Å². The zero-order valence-electron chi connectivity index (χ0n) is 9.86. The number of nitrogens with zero attached hydrogens (tertiary/aromatic N) is 2. The summed E-state index contributed by atoms with van der Waals surface area (Å²) in [5, 5.41) is 2.95. The van der Waals surface area contributed by atoms with E-state index in [1.165, 1.54) is 0 Å². The van der Waals surface area contributed by atoms with Crippen molar-refractivity contribution < 1.29 is 9.53 Å². The van der Waals surface area contributed by atoms with Crippen LogP contribution in [0.25, 0.3) is 0 Å². The summed E-state index contributed by atoms with van der Waals surface area (Å²) in [6.07, 6.45) is 1.65. The lowest BCUT2D eigenvalue weighted by atomic mass is 10.4. The molecule has 0 fully saturated rings. The molecule has 0 aliphatic heterocycles. The smallest absolute Gasteiger partial charge is 0.241 e. The molecule has 5 nitrogen and oxygen atoms in total. The lowest BCUT2D eigenvalue weighted by molar-refractivity contribution is -0.127. The summed E-state index contributed by atoms with van der Waals surface area (Å²) < 4.78 is 5.11. The molecular formula is C11H17N3O2. The van der Waals surface area contributed by atoms with E-state index in [4.69, 9.17) is 4.74 Å². The predicted molar refractivity (Wildman–Crippen MR) is 62.6 cm³/mol. The molecule has 0 aromatic carbocycles. The first-order chi connectivity index (χ1) is 7.69. The summed E-state index contributed by atoms with van der Waals surface area (Å²) in [5.74, 6) is 1.24. The van der Waals surface area contributed by atoms with Gasteiger partial charge < -0.3 is 15.0 Å². The van der Waals surface area contributed by atoms with Crippen LogP contribution in [-0.4, -0.2) is 43.0 Å². The van der Waals surface area contributed by atoms with Crippen molar-refractivity contribution in [2.24, 2.45) is 0 Å². The SMILES string of the molecule is CCN(C)C(=O)CNc1ncccc1OC. The van der Waals surface area contributed by atoms with Gasteiger partial charge in [0.05, 0.1) is 13.7 Å². The van der Waals surface area contributed by atoms with Gasteiger partial charge in [-0.15, -0.1) is 0 Å². The van der Waals surface area contributed by atoms with E-state index >= 15 is 0 Å². The molecule has 0 aliphatic rings. The molecule has 1 heterocycles. The molecule has 0 unspecified atom stereocenters. The molecule has 0 atom stereocenters. The Labute approximate surface area is 95.4 Å². The van der Waals surface area contributed by atoms with Crippen LogP contribution >= 0.6 is 0 Å². The van der Waals surface area contributed by atoms with Crippen LogP contribution in [0.3, 0.4) is 0 Å². The Hall–Kier alpha value is -1.78. The Balaban J connectivity index is 2.57. The molecule has 1 aromatic heterocycles. The third-order valence-corrected chi connectivity index (χ3v) is 2.30. The molecule has 1 aromatic rings. The van der Waals surface area contributed by atoms with Crippen LogP contribution in [0, 0.1) is 0 Å². The minimum Gasteiger partial charge on any atom is -0.493 e. The molecule has 1 amide bonds. The lowest BCUT2D eigenvalue weighted by Gasteiger charge is -2.15. The monoisotopic (exact) mass is 223 g/mol. The van der Waals surface area contributed by atoms with Gasteiger partial charge in [0.25, 0.3) is 0 Å².